The number of rotatable bonds is 3. The fourth-order valence-electron chi connectivity index (χ4n) is 2.30. The molecule has 0 radical (unpaired) electrons. The van der Waals surface area contributed by atoms with Crippen LogP contribution in [0.2, 0.25) is 0 Å². The highest BCUT2D eigenvalue weighted by Crippen LogP contribution is 2.23. The molecule has 9 heteroatoms. The third kappa shape index (κ3) is 2.72. The largest absolute Gasteiger partial charge is 0.278 e. The first-order valence-electron chi connectivity index (χ1n) is 6.66. The Hall–Kier alpha value is -2.26. The molecule has 8 nitrogen and oxygen atoms in total. The maximum absolute atomic E-state index is 11.9. The van der Waals surface area contributed by atoms with Crippen LogP contribution in [-0.4, -0.2) is 41.3 Å². The van der Waals surface area contributed by atoms with Crippen molar-refractivity contribution >= 4 is 21.9 Å². The van der Waals surface area contributed by atoms with Gasteiger partial charge in [-0.25, -0.2) is 13.6 Å². The Balaban J connectivity index is 1.85. The fraction of sp³-hybridized carbons (Fsp3) is 0.308. The molecule has 1 aromatic heterocycles. The minimum Gasteiger partial charge on any atom is -0.278 e. The highest BCUT2D eigenvalue weighted by Gasteiger charge is 2.38. The lowest BCUT2D eigenvalue weighted by Gasteiger charge is -2.10. The summed E-state index contributed by atoms with van der Waals surface area (Å²) in [6, 6.07) is 7.66. The Labute approximate surface area is 127 Å². The van der Waals surface area contributed by atoms with Crippen molar-refractivity contribution in [1.29, 1.82) is 0 Å². The number of aryl methyl sites for hydroxylation is 1. The van der Waals surface area contributed by atoms with Gasteiger partial charge in [0.2, 0.25) is 15.9 Å². The number of carbonyl (C=O) groups excluding carboxylic acids is 1. The number of aromatic amines is 1. The minimum atomic E-state index is -3.75. The number of nitrogens with one attached hydrogen (secondary N) is 1. The number of aromatic nitrogens is 3. The molecule has 0 spiro atoms. The minimum absolute atomic E-state index is 0.0249. The predicted octanol–water partition coefficient (Wildman–Crippen LogP) is 0.174. The van der Waals surface area contributed by atoms with Crippen LogP contribution in [0, 0.1) is 6.92 Å². The lowest BCUT2D eigenvalue weighted by atomic mass is 10.1. The summed E-state index contributed by atoms with van der Waals surface area (Å²) in [6.45, 7) is 1.95. The van der Waals surface area contributed by atoms with E-state index in [1.165, 1.54) is 4.90 Å². The highest BCUT2D eigenvalue weighted by atomic mass is 32.2. The van der Waals surface area contributed by atoms with E-state index in [1.54, 1.807) is 0 Å². The van der Waals surface area contributed by atoms with E-state index in [1.807, 2.05) is 31.2 Å². The first-order chi connectivity index (χ1) is 10.3. The third-order valence-electron chi connectivity index (χ3n) is 3.59. The number of carbonyl (C=O) groups is 1. The molecule has 1 fully saturated rings. The van der Waals surface area contributed by atoms with Gasteiger partial charge in [-0.3, -0.25) is 14.8 Å². The van der Waals surface area contributed by atoms with Crippen LogP contribution in [0.3, 0.4) is 0 Å². The Kier molecular flexibility index (Phi) is 3.45. The van der Waals surface area contributed by atoms with Crippen molar-refractivity contribution in [3.8, 4) is 11.4 Å². The first-order valence-corrected chi connectivity index (χ1v) is 8.27. The van der Waals surface area contributed by atoms with Crippen LogP contribution in [0.4, 0.5) is 5.95 Å². The third-order valence-corrected chi connectivity index (χ3v) is 4.84. The molecular weight excluding hydrogens is 306 g/mol. The van der Waals surface area contributed by atoms with E-state index in [0.29, 0.717) is 5.82 Å². The molecule has 3 rings (SSSR count). The van der Waals surface area contributed by atoms with Gasteiger partial charge < -0.3 is 0 Å². The number of hydrogen-bond donors (Lipinski definition) is 2. The second kappa shape index (κ2) is 5.18. The number of sulfonamides is 1. The van der Waals surface area contributed by atoms with Gasteiger partial charge in [0.1, 0.15) is 5.25 Å². The summed E-state index contributed by atoms with van der Waals surface area (Å²) < 4.78 is 22.7. The van der Waals surface area contributed by atoms with Crippen LogP contribution in [0.25, 0.3) is 11.4 Å². The van der Waals surface area contributed by atoms with Gasteiger partial charge in [0.25, 0.3) is 5.95 Å². The molecule has 3 N–H and O–H groups in total. The number of anilines is 1. The summed E-state index contributed by atoms with van der Waals surface area (Å²) in [4.78, 5) is 17.4. The van der Waals surface area contributed by atoms with Crippen LogP contribution in [0.1, 0.15) is 12.0 Å². The lowest BCUT2D eigenvalue weighted by molar-refractivity contribution is -0.117. The van der Waals surface area contributed by atoms with Crippen molar-refractivity contribution in [2.45, 2.75) is 18.6 Å². The van der Waals surface area contributed by atoms with Gasteiger partial charge in [-0.1, -0.05) is 29.8 Å². The molecule has 1 aliphatic heterocycles. The van der Waals surface area contributed by atoms with Gasteiger partial charge in [0.05, 0.1) is 0 Å². The molecular formula is C13H15N5O3S. The molecule has 1 saturated heterocycles. The zero-order valence-corrected chi connectivity index (χ0v) is 12.7. The number of nitrogens with two attached hydrogens (primary N) is 1. The van der Waals surface area contributed by atoms with Crippen molar-refractivity contribution in [1.82, 2.24) is 15.2 Å². The molecule has 0 saturated carbocycles. The lowest BCUT2D eigenvalue weighted by Crippen LogP contribution is -2.32. The van der Waals surface area contributed by atoms with E-state index in [0.717, 1.165) is 11.1 Å². The smallest absolute Gasteiger partial charge is 0.251 e. The maximum Gasteiger partial charge on any atom is 0.251 e. The Morgan fingerprint density at radius 2 is 2.00 bits per heavy atom. The second-order valence-corrected chi connectivity index (χ2v) is 7.11. The number of primary sulfonamides is 1. The van der Waals surface area contributed by atoms with Gasteiger partial charge in [-0.05, 0) is 6.92 Å². The van der Waals surface area contributed by atoms with Gasteiger partial charge in [-0.15, -0.1) is 5.10 Å². The molecule has 1 unspecified atom stereocenters. The van der Waals surface area contributed by atoms with Crippen LogP contribution < -0.4 is 10.0 Å². The Morgan fingerprint density at radius 3 is 2.59 bits per heavy atom. The summed E-state index contributed by atoms with van der Waals surface area (Å²) in [5, 5.41) is 10.9. The predicted molar refractivity (Wildman–Crippen MR) is 80.4 cm³/mol. The maximum atomic E-state index is 11.9. The quantitative estimate of drug-likeness (QED) is 0.834. The Bertz CT molecular complexity index is 812. The second-order valence-electron chi connectivity index (χ2n) is 5.27. The van der Waals surface area contributed by atoms with Gasteiger partial charge in [-0.2, -0.15) is 4.98 Å². The summed E-state index contributed by atoms with van der Waals surface area (Å²) in [6.07, 6.45) is -0.146. The number of amides is 1. The highest BCUT2D eigenvalue weighted by molar-refractivity contribution is 7.89. The van der Waals surface area contributed by atoms with Gasteiger partial charge in [0, 0.05) is 18.5 Å². The van der Waals surface area contributed by atoms with Gasteiger partial charge >= 0.3 is 0 Å². The van der Waals surface area contributed by atoms with E-state index >= 15 is 0 Å². The summed E-state index contributed by atoms with van der Waals surface area (Å²) >= 11 is 0. The number of benzene rings is 1. The molecule has 1 aromatic carbocycles. The van der Waals surface area contributed by atoms with Crippen molar-refractivity contribution in [2.75, 3.05) is 11.4 Å². The fourth-order valence-corrected chi connectivity index (χ4v) is 3.03. The van der Waals surface area contributed by atoms with Crippen molar-refractivity contribution < 1.29 is 13.2 Å². The average Bonchev–Trinajstić information content (AvgIpc) is 3.05. The molecule has 2 aromatic rings. The van der Waals surface area contributed by atoms with Crippen molar-refractivity contribution in [3.63, 3.8) is 0 Å². The van der Waals surface area contributed by atoms with E-state index in [-0.39, 0.29) is 24.8 Å². The standard InChI is InChI=1S/C13H15N5O3S/c1-8-2-4-9(5-3-8)12-15-13(17-16-12)18-7-10(6-11(18)19)22(14,20)21/h2-5,10H,6-7H2,1H3,(H2,14,20,21)(H,15,16,17). The van der Waals surface area contributed by atoms with Crippen LogP contribution >= 0.6 is 0 Å². The molecule has 0 bridgehead atoms. The zero-order valence-electron chi connectivity index (χ0n) is 11.9. The van der Waals surface area contributed by atoms with E-state index in [4.69, 9.17) is 5.14 Å². The summed E-state index contributed by atoms with van der Waals surface area (Å²) in [7, 11) is -3.75. The van der Waals surface area contributed by atoms with Crippen LogP contribution in [0.15, 0.2) is 24.3 Å². The molecule has 1 amide bonds. The molecule has 2 heterocycles. The van der Waals surface area contributed by atoms with Gasteiger partial charge in [0.15, 0.2) is 5.82 Å². The monoisotopic (exact) mass is 321 g/mol. The van der Waals surface area contributed by atoms with E-state index in [9.17, 15) is 13.2 Å². The first kappa shape index (κ1) is 14.7. The van der Waals surface area contributed by atoms with E-state index < -0.39 is 15.3 Å². The topological polar surface area (TPSA) is 122 Å². The molecule has 0 aliphatic carbocycles. The molecule has 1 aliphatic rings. The Morgan fingerprint density at radius 1 is 1.32 bits per heavy atom. The van der Waals surface area contributed by atoms with E-state index in [2.05, 4.69) is 15.2 Å². The SMILES string of the molecule is Cc1ccc(-c2nc(N3CC(S(N)(=O)=O)CC3=O)n[nH]2)cc1. The van der Waals surface area contributed by atoms with Crippen molar-refractivity contribution in [2.24, 2.45) is 5.14 Å². The zero-order chi connectivity index (χ0) is 15.9. The van der Waals surface area contributed by atoms with Crippen LogP contribution in [-0.2, 0) is 14.8 Å². The normalized spacial score (nSPS) is 18.9. The molecule has 116 valence electrons. The summed E-state index contributed by atoms with van der Waals surface area (Å²) in [5.74, 6) is 0.321. The average molecular weight is 321 g/mol. The van der Waals surface area contributed by atoms with Crippen molar-refractivity contribution in [3.05, 3.63) is 29.8 Å². The van der Waals surface area contributed by atoms with Crippen LogP contribution in [0.5, 0.6) is 0 Å². The number of hydrogen-bond acceptors (Lipinski definition) is 5. The molecule has 22 heavy (non-hydrogen) atoms. The summed E-state index contributed by atoms with van der Waals surface area (Å²) in [5.41, 5.74) is 1.95. The molecule has 1 atom stereocenters. The number of H-pyrrole nitrogens is 1. The number of nitrogens with zero attached hydrogens (tertiary/aromatic N) is 3.